The molecule has 0 spiro atoms. The average Bonchev–Trinajstić information content (AvgIpc) is 2.79. The average molecular weight is 276 g/mol. The summed E-state index contributed by atoms with van der Waals surface area (Å²) in [5.74, 6) is -0.0964. The van der Waals surface area contributed by atoms with Gasteiger partial charge in [0.1, 0.15) is 5.54 Å². The number of amides is 1. The molecule has 1 saturated carbocycles. The summed E-state index contributed by atoms with van der Waals surface area (Å²) in [5, 5.41) is 16.3. The van der Waals surface area contributed by atoms with Crippen LogP contribution in [-0.2, 0) is 0 Å². The number of hydrogen-bond acceptors (Lipinski definition) is 3. The molecular weight excluding hydrogens is 256 g/mol. The Morgan fingerprint density at radius 3 is 2.42 bits per heavy atom. The van der Waals surface area contributed by atoms with Crippen molar-refractivity contribution < 1.29 is 4.79 Å². The summed E-state index contributed by atoms with van der Waals surface area (Å²) in [6.45, 7) is 1.93. The molecule has 3 nitrogen and oxygen atoms in total. The van der Waals surface area contributed by atoms with Gasteiger partial charge in [-0.3, -0.25) is 4.79 Å². The second kappa shape index (κ2) is 6.21. The quantitative estimate of drug-likeness (QED) is 0.893. The normalized spacial score (nSPS) is 18.9. The van der Waals surface area contributed by atoms with E-state index in [0.717, 1.165) is 44.1 Å². The largest absolute Gasteiger partial charge is 0.334 e. The van der Waals surface area contributed by atoms with Crippen molar-refractivity contribution in [3.05, 3.63) is 21.9 Å². The van der Waals surface area contributed by atoms with Crippen molar-refractivity contribution in [2.45, 2.75) is 57.4 Å². The Kier molecular flexibility index (Phi) is 4.60. The molecule has 1 heterocycles. The van der Waals surface area contributed by atoms with Crippen molar-refractivity contribution in [1.29, 1.82) is 5.26 Å². The number of carbonyl (C=O) groups is 1. The highest BCUT2D eigenvalue weighted by molar-refractivity contribution is 7.08. The van der Waals surface area contributed by atoms with Crippen molar-refractivity contribution >= 4 is 17.2 Å². The highest BCUT2D eigenvalue weighted by atomic mass is 32.1. The molecule has 0 bridgehead atoms. The summed E-state index contributed by atoms with van der Waals surface area (Å²) >= 11 is 1.53. The van der Waals surface area contributed by atoms with Crippen LogP contribution >= 0.6 is 11.3 Å². The summed E-state index contributed by atoms with van der Waals surface area (Å²) in [5.41, 5.74) is 1.04. The molecule has 1 aromatic rings. The zero-order chi connectivity index (χ0) is 13.7. The van der Waals surface area contributed by atoms with Crippen LogP contribution < -0.4 is 5.32 Å². The first-order valence-corrected chi connectivity index (χ1v) is 7.88. The van der Waals surface area contributed by atoms with Crippen LogP contribution in [0.15, 0.2) is 10.8 Å². The predicted octanol–water partition coefficient (Wildman–Crippen LogP) is 3.79. The van der Waals surface area contributed by atoms with E-state index in [4.69, 9.17) is 0 Å². The number of rotatable bonds is 2. The Bertz CT molecular complexity index is 479. The molecule has 0 aliphatic heterocycles. The van der Waals surface area contributed by atoms with Gasteiger partial charge in [-0.1, -0.05) is 32.1 Å². The van der Waals surface area contributed by atoms with Crippen molar-refractivity contribution in [3.8, 4) is 6.07 Å². The maximum Gasteiger partial charge on any atom is 0.253 e. The van der Waals surface area contributed by atoms with Gasteiger partial charge in [-0.2, -0.15) is 16.6 Å². The van der Waals surface area contributed by atoms with Gasteiger partial charge in [0.15, 0.2) is 0 Å². The van der Waals surface area contributed by atoms with Crippen LogP contribution in [0.25, 0.3) is 0 Å². The molecule has 1 N–H and O–H groups in total. The number of carbonyl (C=O) groups excluding carboxylic acids is 1. The van der Waals surface area contributed by atoms with E-state index >= 15 is 0 Å². The minimum absolute atomic E-state index is 0.0964. The zero-order valence-corrected chi connectivity index (χ0v) is 12.2. The fraction of sp³-hybridized carbons (Fsp3) is 0.600. The highest BCUT2D eigenvalue weighted by Gasteiger charge is 2.32. The topological polar surface area (TPSA) is 52.9 Å². The highest BCUT2D eigenvalue weighted by Crippen LogP contribution is 2.26. The van der Waals surface area contributed by atoms with Gasteiger partial charge in [0, 0.05) is 5.38 Å². The molecular formula is C15H20N2OS. The number of aryl methyl sites for hydroxylation is 1. The Labute approximate surface area is 118 Å². The Morgan fingerprint density at radius 2 is 1.89 bits per heavy atom. The summed E-state index contributed by atoms with van der Waals surface area (Å²) in [7, 11) is 0. The predicted molar refractivity (Wildman–Crippen MR) is 77.2 cm³/mol. The molecule has 1 aromatic heterocycles. The van der Waals surface area contributed by atoms with Gasteiger partial charge in [-0.25, -0.2) is 0 Å². The van der Waals surface area contributed by atoms with E-state index in [-0.39, 0.29) is 5.91 Å². The zero-order valence-electron chi connectivity index (χ0n) is 11.4. The van der Waals surface area contributed by atoms with Crippen LogP contribution in [0.1, 0.15) is 60.9 Å². The van der Waals surface area contributed by atoms with Crippen molar-refractivity contribution in [2.75, 3.05) is 0 Å². The third-order valence-electron chi connectivity index (χ3n) is 3.87. The molecule has 4 heteroatoms. The Morgan fingerprint density at radius 1 is 1.26 bits per heavy atom. The van der Waals surface area contributed by atoms with Gasteiger partial charge >= 0.3 is 0 Å². The molecule has 102 valence electrons. The summed E-state index contributed by atoms with van der Waals surface area (Å²) < 4.78 is 0. The first kappa shape index (κ1) is 14.1. The van der Waals surface area contributed by atoms with Crippen LogP contribution in [0.3, 0.4) is 0 Å². The molecule has 0 unspecified atom stereocenters. The first-order chi connectivity index (χ1) is 9.17. The number of hydrogen-bond donors (Lipinski definition) is 1. The molecule has 1 amide bonds. The molecule has 1 fully saturated rings. The van der Waals surface area contributed by atoms with E-state index in [2.05, 4.69) is 11.4 Å². The molecule has 19 heavy (non-hydrogen) atoms. The van der Waals surface area contributed by atoms with Gasteiger partial charge < -0.3 is 5.32 Å². The molecule has 1 aliphatic rings. The molecule has 2 rings (SSSR count). The van der Waals surface area contributed by atoms with E-state index in [0.29, 0.717) is 5.56 Å². The second-order valence-electron chi connectivity index (χ2n) is 5.38. The standard InChI is InChI=1S/C15H20N2OS/c1-12-9-19-10-13(12)14(18)17-15(11-16)7-5-3-2-4-6-8-15/h9-10H,2-8H2,1H3,(H,17,18). The van der Waals surface area contributed by atoms with Gasteiger partial charge in [0.2, 0.25) is 0 Å². The maximum atomic E-state index is 12.3. The molecule has 1 aliphatic carbocycles. The van der Waals surface area contributed by atoms with Crippen LogP contribution in [0.4, 0.5) is 0 Å². The fourth-order valence-electron chi connectivity index (χ4n) is 2.65. The van der Waals surface area contributed by atoms with Crippen LogP contribution in [0, 0.1) is 18.3 Å². The molecule has 0 atom stereocenters. The first-order valence-electron chi connectivity index (χ1n) is 6.93. The number of nitriles is 1. The molecule has 0 aromatic carbocycles. The lowest BCUT2D eigenvalue weighted by Crippen LogP contribution is -2.47. The van der Waals surface area contributed by atoms with Crippen LogP contribution in [-0.4, -0.2) is 11.4 Å². The lowest BCUT2D eigenvalue weighted by molar-refractivity contribution is 0.0907. The minimum atomic E-state index is -0.661. The van der Waals surface area contributed by atoms with Gasteiger partial charge in [0.25, 0.3) is 5.91 Å². The van der Waals surface area contributed by atoms with Crippen LogP contribution in [0.2, 0.25) is 0 Å². The maximum absolute atomic E-state index is 12.3. The third-order valence-corrected chi connectivity index (χ3v) is 4.74. The van der Waals surface area contributed by atoms with E-state index in [1.165, 1.54) is 17.8 Å². The lowest BCUT2D eigenvalue weighted by atomic mass is 9.85. The van der Waals surface area contributed by atoms with Crippen LogP contribution in [0.5, 0.6) is 0 Å². The van der Waals surface area contributed by atoms with Crippen molar-refractivity contribution in [1.82, 2.24) is 5.32 Å². The van der Waals surface area contributed by atoms with E-state index in [1.54, 1.807) is 0 Å². The summed E-state index contributed by atoms with van der Waals surface area (Å²) in [4.78, 5) is 12.3. The lowest BCUT2D eigenvalue weighted by Gasteiger charge is -2.29. The summed E-state index contributed by atoms with van der Waals surface area (Å²) in [6, 6.07) is 2.37. The number of thiophene rings is 1. The fourth-order valence-corrected chi connectivity index (χ4v) is 3.48. The number of nitrogens with zero attached hydrogens (tertiary/aromatic N) is 1. The van der Waals surface area contributed by atoms with Gasteiger partial charge in [0.05, 0.1) is 11.6 Å². The smallest absolute Gasteiger partial charge is 0.253 e. The van der Waals surface area contributed by atoms with E-state index < -0.39 is 5.54 Å². The van der Waals surface area contributed by atoms with Crippen molar-refractivity contribution in [2.24, 2.45) is 0 Å². The number of nitrogens with one attached hydrogen (secondary N) is 1. The molecule has 0 radical (unpaired) electrons. The van der Waals surface area contributed by atoms with E-state index in [9.17, 15) is 10.1 Å². The van der Waals surface area contributed by atoms with E-state index in [1.807, 2.05) is 17.7 Å². The minimum Gasteiger partial charge on any atom is -0.334 e. The monoisotopic (exact) mass is 276 g/mol. The molecule has 0 saturated heterocycles. The Balaban J connectivity index is 2.11. The Hall–Kier alpha value is -1.34. The SMILES string of the molecule is Cc1cscc1C(=O)NC1(C#N)CCCCCCC1. The second-order valence-corrected chi connectivity index (χ2v) is 6.13. The third kappa shape index (κ3) is 3.36. The van der Waals surface area contributed by atoms with Gasteiger partial charge in [-0.05, 0) is 30.7 Å². The van der Waals surface area contributed by atoms with Crippen molar-refractivity contribution in [3.63, 3.8) is 0 Å². The van der Waals surface area contributed by atoms with Gasteiger partial charge in [-0.15, -0.1) is 0 Å². The summed E-state index contributed by atoms with van der Waals surface area (Å²) in [6.07, 6.45) is 7.18.